The molecule has 17 heavy (non-hydrogen) atoms. The maximum Gasteiger partial charge on any atom is 0.0594 e. The first-order chi connectivity index (χ1) is 8.22. The van der Waals surface area contributed by atoms with Gasteiger partial charge in [0.2, 0.25) is 0 Å². The van der Waals surface area contributed by atoms with Crippen molar-refractivity contribution in [3.05, 3.63) is 0 Å². The quantitative estimate of drug-likeness (QED) is 0.794. The molecule has 3 heteroatoms. The third kappa shape index (κ3) is 2.51. The highest BCUT2D eigenvalue weighted by Gasteiger charge is 2.43. The standard InChI is InChI=1S/C14H28N2O/c1-4-14(2,16-8-10-17-11-9-16)13(15-3)12-6-5-7-12/h12-13,15H,4-11H2,1-3H3. The van der Waals surface area contributed by atoms with E-state index in [9.17, 15) is 0 Å². The minimum atomic E-state index is 0.295. The van der Waals surface area contributed by atoms with Gasteiger partial charge in [0.05, 0.1) is 13.2 Å². The van der Waals surface area contributed by atoms with Gasteiger partial charge in [-0.1, -0.05) is 13.3 Å². The molecule has 0 aromatic heterocycles. The summed E-state index contributed by atoms with van der Waals surface area (Å²) in [6.07, 6.45) is 5.46. The Morgan fingerprint density at radius 3 is 2.41 bits per heavy atom. The molecular weight excluding hydrogens is 212 g/mol. The van der Waals surface area contributed by atoms with Gasteiger partial charge in [-0.15, -0.1) is 0 Å². The van der Waals surface area contributed by atoms with Crippen LogP contribution in [0.15, 0.2) is 0 Å². The van der Waals surface area contributed by atoms with Crippen molar-refractivity contribution in [1.82, 2.24) is 10.2 Å². The number of ether oxygens (including phenoxy) is 1. The van der Waals surface area contributed by atoms with Crippen molar-refractivity contribution in [3.63, 3.8) is 0 Å². The molecule has 0 amide bonds. The lowest BCUT2D eigenvalue weighted by atomic mass is 9.70. The Balaban J connectivity index is 2.08. The molecule has 2 aliphatic rings. The maximum atomic E-state index is 5.49. The van der Waals surface area contributed by atoms with Crippen LogP contribution in [0.4, 0.5) is 0 Å². The van der Waals surface area contributed by atoms with Crippen molar-refractivity contribution in [2.24, 2.45) is 5.92 Å². The average molecular weight is 240 g/mol. The van der Waals surface area contributed by atoms with Crippen LogP contribution in [-0.4, -0.2) is 49.8 Å². The maximum absolute atomic E-state index is 5.49. The molecule has 2 fully saturated rings. The zero-order valence-corrected chi connectivity index (χ0v) is 11.7. The molecular formula is C14H28N2O. The van der Waals surface area contributed by atoms with Crippen LogP contribution < -0.4 is 5.32 Å². The second-order valence-electron chi connectivity index (χ2n) is 5.77. The molecule has 2 rings (SSSR count). The van der Waals surface area contributed by atoms with Crippen LogP contribution in [0, 0.1) is 5.92 Å². The summed E-state index contributed by atoms with van der Waals surface area (Å²) in [6.45, 7) is 8.76. The molecule has 2 unspecified atom stereocenters. The van der Waals surface area contributed by atoms with E-state index in [-0.39, 0.29) is 0 Å². The summed E-state index contributed by atoms with van der Waals surface area (Å²) in [7, 11) is 2.14. The molecule has 0 aromatic rings. The third-order valence-electron chi connectivity index (χ3n) is 5.05. The molecule has 0 bridgehead atoms. The summed E-state index contributed by atoms with van der Waals surface area (Å²) in [5, 5.41) is 3.61. The first kappa shape index (κ1) is 13.3. The molecule has 1 aliphatic carbocycles. The lowest BCUT2D eigenvalue weighted by molar-refractivity contribution is -0.0463. The van der Waals surface area contributed by atoms with Crippen molar-refractivity contribution < 1.29 is 4.74 Å². The number of nitrogens with one attached hydrogen (secondary N) is 1. The van der Waals surface area contributed by atoms with E-state index in [0.29, 0.717) is 11.6 Å². The summed E-state index contributed by atoms with van der Waals surface area (Å²) in [6, 6.07) is 0.638. The van der Waals surface area contributed by atoms with Crippen molar-refractivity contribution in [2.75, 3.05) is 33.4 Å². The summed E-state index contributed by atoms with van der Waals surface area (Å²) in [5.74, 6) is 0.882. The molecule has 1 saturated heterocycles. The van der Waals surface area contributed by atoms with Gasteiger partial charge in [-0.05, 0) is 39.2 Å². The van der Waals surface area contributed by atoms with Crippen LogP contribution in [0.5, 0.6) is 0 Å². The zero-order chi connectivity index (χ0) is 12.3. The van der Waals surface area contributed by atoms with Crippen LogP contribution in [0.1, 0.15) is 39.5 Å². The lowest BCUT2D eigenvalue weighted by Gasteiger charge is -2.52. The van der Waals surface area contributed by atoms with E-state index >= 15 is 0 Å². The van der Waals surface area contributed by atoms with Gasteiger partial charge in [-0.25, -0.2) is 0 Å². The van der Waals surface area contributed by atoms with Gasteiger partial charge in [0, 0.05) is 24.7 Å². The minimum Gasteiger partial charge on any atom is -0.379 e. The van der Waals surface area contributed by atoms with Crippen molar-refractivity contribution in [1.29, 1.82) is 0 Å². The van der Waals surface area contributed by atoms with E-state index in [1.54, 1.807) is 0 Å². The molecule has 0 aromatic carbocycles. The predicted octanol–water partition coefficient (Wildman–Crippen LogP) is 1.88. The van der Waals surface area contributed by atoms with Crippen LogP contribution in [0.25, 0.3) is 0 Å². The van der Waals surface area contributed by atoms with Gasteiger partial charge in [0.1, 0.15) is 0 Å². The predicted molar refractivity (Wildman–Crippen MR) is 71.3 cm³/mol. The monoisotopic (exact) mass is 240 g/mol. The first-order valence-electron chi connectivity index (χ1n) is 7.22. The van der Waals surface area contributed by atoms with E-state index in [2.05, 4.69) is 31.1 Å². The van der Waals surface area contributed by atoms with Gasteiger partial charge in [-0.2, -0.15) is 0 Å². The lowest BCUT2D eigenvalue weighted by Crippen LogP contribution is -2.64. The highest BCUT2D eigenvalue weighted by atomic mass is 16.5. The Labute approximate surface area is 106 Å². The second kappa shape index (κ2) is 5.68. The Morgan fingerprint density at radius 1 is 1.35 bits per heavy atom. The van der Waals surface area contributed by atoms with E-state index < -0.39 is 0 Å². The molecule has 1 heterocycles. The largest absolute Gasteiger partial charge is 0.379 e. The molecule has 1 saturated carbocycles. The van der Waals surface area contributed by atoms with Crippen LogP contribution in [0.2, 0.25) is 0 Å². The molecule has 1 aliphatic heterocycles. The Kier molecular flexibility index (Phi) is 4.45. The molecule has 2 atom stereocenters. The number of hydrogen-bond acceptors (Lipinski definition) is 3. The summed E-state index contributed by atoms with van der Waals surface area (Å²) < 4.78 is 5.49. The fourth-order valence-corrected chi connectivity index (χ4v) is 3.54. The minimum absolute atomic E-state index is 0.295. The third-order valence-corrected chi connectivity index (χ3v) is 5.05. The number of nitrogens with zero attached hydrogens (tertiary/aromatic N) is 1. The number of morpholine rings is 1. The van der Waals surface area contributed by atoms with E-state index in [1.807, 2.05) is 0 Å². The summed E-state index contributed by atoms with van der Waals surface area (Å²) in [4.78, 5) is 2.65. The summed E-state index contributed by atoms with van der Waals surface area (Å²) in [5.41, 5.74) is 0.295. The first-order valence-corrected chi connectivity index (χ1v) is 7.22. The highest BCUT2D eigenvalue weighted by Crippen LogP contribution is 2.38. The molecule has 0 radical (unpaired) electrons. The van der Waals surface area contributed by atoms with Crippen LogP contribution >= 0.6 is 0 Å². The average Bonchev–Trinajstić information content (AvgIpc) is 2.33. The zero-order valence-electron chi connectivity index (χ0n) is 11.7. The van der Waals surface area contributed by atoms with E-state index in [0.717, 1.165) is 32.2 Å². The van der Waals surface area contributed by atoms with Crippen LogP contribution in [-0.2, 0) is 4.74 Å². The van der Waals surface area contributed by atoms with Gasteiger partial charge >= 0.3 is 0 Å². The van der Waals surface area contributed by atoms with E-state index in [1.165, 1.54) is 25.7 Å². The van der Waals surface area contributed by atoms with Crippen molar-refractivity contribution in [3.8, 4) is 0 Å². The molecule has 100 valence electrons. The van der Waals surface area contributed by atoms with Crippen molar-refractivity contribution >= 4 is 0 Å². The fraction of sp³-hybridized carbons (Fsp3) is 1.00. The number of likely N-dealkylation sites (N-methyl/N-ethyl adjacent to an activating group) is 1. The highest BCUT2D eigenvalue weighted by molar-refractivity contribution is 5.01. The van der Waals surface area contributed by atoms with Gasteiger partial charge in [0.15, 0.2) is 0 Å². The second-order valence-corrected chi connectivity index (χ2v) is 5.77. The number of hydrogen-bond donors (Lipinski definition) is 1. The Bertz CT molecular complexity index is 236. The normalized spacial score (nSPS) is 28.4. The fourth-order valence-electron chi connectivity index (χ4n) is 3.54. The number of rotatable bonds is 5. The van der Waals surface area contributed by atoms with Crippen molar-refractivity contribution in [2.45, 2.75) is 51.1 Å². The molecule has 1 N–H and O–H groups in total. The smallest absolute Gasteiger partial charge is 0.0594 e. The Morgan fingerprint density at radius 2 is 2.00 bits per heavy atom. The Hall–Kier alpha value is -0.120. The van der Waals surface area contributed by atoms with Gasteiger partial charge in [0.25, 0.3) is 0 Å². The van der Waals surface area contributed by atoms with Gasteiger partial charge in [-0.3, -0.25) is 4.90 Å². The molecule has 3 nitrogen and oxygen atoms in total. The summed E-state index contributed by atoms with van der Waals surface area (Å²) >= 11 is 0. The SMILES string of the molecule is CCC(C)(C(NC)C1CCC1)N1CCOCC1. The van der Waals surface area contributed by atoms with Crippen LogP contribution in [0.3, 0.4) is 0 Å². The van der Waals surface area contributed by atoms with E-state index in [4.69, 9.17) is 4.74 Å². The topological polar surface area (TPSA) is 24.5 Å². The molecule has 0 spiro atoms. The van der Waals surface area contributed by atoms with Gasteiger partial charge < -0.3 is 10.1 Å².